The van der Waals surface area contributed by atoms with Gasteiger partial charge >= 0.3 is 0 Å². The maximum atomic E-state index is 12.9. The smallest absolute Gasteiger partial charge is 0.290 e. The zero-order valence-electron chi connectivity index (χ0n) is 16.7. The summed E-state index contributed by atoms with van der Waals surface area (Å²) in [6.45, 7) is 0.673. The number of nitrogens with zero attached hydrogens (tertiary/aromatic N) is 2. The van der Waals surface area contributed by atoms with Gasteiger partial charge in [-0.05, 0) is 30.7 Å². The molecule has 2 amide bonds. The van der Waals surface area contributed by atoms with Gasteiger partial charge in [0.05, 0.1) is 12.2 Å². The Hall–Kier alpha value is -3.27. The van der Waals surface area contributed by atoms with Crippen LogP contribution in [0.2, 0.25) is 0 Å². The zero-order chi connectivity index (χ0) is 21.8. The average Bonchev–Trinajstić information content (AvgIpc) is 3.52. The van der Waals surface area contributed by atoms with Crippen molar-refractivity contribution in [3.63, 3.8) is 0 Å². The summed E-state index contributed by atoms with van der Waals surface area (Å²) in [7, 11) is 0. The molecule has 1 saturated heterocycles. The highest BCUT2D eigenvalue weighted by Crippen LogP contribution is 2.25. The number of carboxylic acid groups (broad SMARTS) is 1. The highest BCUT2D eigenvalue weighted by Gasteiger charge is 2.30. The van der Waals surface area contributed by atoms with Gasteiger partial charge in [0.25, 0.3) is 18.3 Å². The Morgan fingerprint density at radius 2 is 2.16 bits per heavy atom. The van der Waals surface area contributed by atoms with E-state index in [9.17, 15) is 9.59 Å². The minimum Gasteiger partial charge on any atom is -0.483 e. The molecule has 5 rings (SSSR count). The molecule has 9 nitrogen and oxygen atoms in total. The molecule has 4 heterocycles. The van der Waals surface area contributed by atoms with Crippen LogP contribution < -0.4 is 5.32 Å². The van der Waals surface area contributed by atoms with Gasteiger partial charge in [-0.15, -0.1) is 0 Å². The van der Waals surface area contributed by atoms with E-state index in [2.05, 4.69) is 15.5 Å². The molecule has 0 spiro atoms. The van der Waals surface area contributed by atoms with Crippen LogP contribution >= 0.6 is 11.8 Å². The highest BCUT2D eigenvalue weighted by molar-refractivity contribution is 7.99. The number of furan rings is 1. The predicted molar refractivity (Wildman–Crippen MR) is 115 cm³/mol. The molecular weight excluding hydrogens is 420 g/mol. The molecule has 0 radical (unpaired) electrons. The fraction of sp³-hybridized carbons (Fsp3) is 0.333. The van der Waals surface area contributed by atoms with E-state index < -0.39 is 0 Å². The average molecular weight is 442 g/mol. The van der Waals surface area contributed by atoms with Crippen LogP contribution in [0.5, 0.6) is 0 Å². The maximum absolute atomic E-state index is 12.9. The molecule has 3 N–H and O–H groups in total. The second-order valence-electron chi connectivity index (χ2n) is 7.29. The lowest BCUT2D eigenvalue weighted by Gasteiger charge is -2.26. The van der Waals surface area contributed by atoms with Gasteiger partial charge in [-0.25, -0.2) is 0 Å². The standard InChI is InChI=1S/C20H20N4O3S.CH2O2/c25-19(21-13-6-8-28-11-13)18-14-5-7-24(10-15(14)22-23-18)20(26)17-9-12-3-1-2-4-16(12)27-17;2-1-3/h1-4,9,13H,5-8,10-11H2,(H,21,25)(H,22,23);1H,(H,2,3). The molecule has 0 bridgehead atoms. The minimum atomic E-state index is -0.250. The van der Waals surface area contributed by atoms with Crippen LogP contribution in [0.4, 0.5) is 0 Å². The Bertz CT molecular complexity index is 1070. The van der Waals surface area contributed by atoms with Crippen molar-refractivity contribution in [1.82, 2.24) is 20.4 Å². The quantitative estimate of drug-likeness (QED) is 0.531. The number of H-pyrrole nitrogens is 1. The Morgan fingerprint density at radius 1 is 1.35 bits per heavy atom. The van der Waals surface area contributed by atoms with Gasteiger partial charge in [0, 0.05) is 29.3 Å². The van der Waals surface area contributed by atoms with Gasteiger partial charge in [0.2, 0.25) is 0 Å². The number of carbonyl (C=O) groups excluding carboxylic acids is 2. The van der Waals surface area contributed by atoms with Crippen LogP contribution in [0.3, 0.4) is 0 Å². The first-order chi connectivity index (χ1) is 15.1. The molecular formula is C21H22N4O5S. The lowest BCUT2D eigenvalue weighted by Crippen LogP contribution is -2.38. The van der Waals surface area contributed by atoms with Crippen molar-refractivity contribution >= 4 is 41.0 Å². The second kappa shape index (κ2) is 9.25. The summed E-state index contributed by atoms with van der Waals surface area (Å²) < 4.78 is 5.71. The monoisotopic (exact) mass is 442 g/mol. The number of nitrogens with one attached hydrogen (secondary N) is 2. The number of para-hydroxylation sites is 1. The molecule has 2 aliphatic heterocycles. The third kappa shape index (κ3) is 4.43. The van der Waals surface area contributed by atoms with E-state index >= 15 is 0 Å². The van der Waals surface area contributed by atoms with Crippen molar-refractivity contribution in [2.24, 2.45) is 0 Å². The highest BCUT2D eigenvalue weighted by atomic mass is 32.2. The number of hydrogen-bond acceptors (Lipinski definition) is 6. The Balaban J connectivity index is 0.000000730. The van der Waals surface area contributed by atoms with Crippen LogP contribution in [0.15, 0.2) is 34.7 Å². The number of aromatic amines is 1. The SMILES string of the molecule is O=C(NC1CCSC1)c1n[nH]c2c1CCN(C(=O)c1cc3ccccc3o1)C2.O=CO. The summed E-state index contributed by atoms with van der Waals surface area (Å²) in [6, 6.07) is 9.57. The van der Waals surface area contributed by atoms with Gasteiger partial charge < -0.3 is 19.7 Å². The molecule has 1 aromatic carbocycles. The van der Waals surface area contributed by atoms with Gasteiger partial charge in [-0.1, -0.05) is 18.2 Å². The fourth-order valence-electron chi connectivity index (χ4n) is 3.82. The van der Waals surface area contributed by atoms with Crippen molar-refractivity contribution in [2.45, 2.75) is 25.4 Å². The van der Waals surface area contributed by atoms with Gasteiger partial charge in [0.1, 0.15) is 5.58 Å². The third-order valence-corrected chi connectivity index (χ3v) is 6.50. The van der Waals surface area contributed by atoms with Gasteiger partial charge in [0.15, 0.2) is 11.5 Å². The predicted octanol–water partition coefficient (Wildman–Crippen LogP) is 2.29. The number of thioether (sulfide) groups is 1. The molecule has 0 aliphatic carbocycles. The van der Waals surface area contributed by atoms with E-state index in [1.165, 1.54) is 0 Å². The summed E-state index contributed by atoms with van der Waals surface area (Å²) in [4.78, 5) is 35.5. The summed E-state index contributed by atoms with van der Waals surface area (Å²) in [6.07, 6.45) is 1.60. The normalized spacial score (nSPS) is 17.5. The van der Waals surface area contributed by atoms with Crippen LogP contribution in [0, 0.1) is 0 Å². The lowest BCUT2D eigenvalue weighted by molar-refractivity contribution is -0.122. The first kappa shape index (κ1) is 21.0. The van der Waals surface area contributed by atoms with Crippen LogP contribution in [-0.2, 0) is 17.8 Å². The summed E-state index contributed by atoms with van der Waals surface area (Å²) in [5, 5.41) is 18.1. The van der Waals surface area contributed by atoms with E-state index in [-0.39, 0.29) is 24.3 Å². The van der Waals surface area contributed by atoms with Crippen molar-refractivity contribution in [2.75, 3.05) is 18.1 Å². The van der Waals surface area contributed by atoms with Crippen LogP contribution in [-0.4, -0.2) is 62.6 Å². The van der Waals surface area contributed by atoms with E-state index in [0.717, 1.165) is 34.6 Å². The number of fused-ring (bicyclic) bond motifs is 2. The third-order valence-electron chi connectivity index (χ3n) is 5.34. The van der Waals surface area contributed by atoms with Crippen LogP contribution in [0.1, 0.15) is 38.7 Å². The number of rotatable bonds is 3. The molecule has 1 fully saturated rings. The van der Waals surface area contributed by atoms with Gasteiger partial charge in [-0.3, -0.25) is 19.5 Å². The minimum absolute atomic E-state index is 0.123. The first-order valence-electron chi connectivity index (χ1n) is 9.91. The number of hydrogen-bond donors (Lipinski definition) is 3. The van der Waals surface area contributed by atoms with Crippen LogP contribution in [0.25, 0.3) is 11.0 Å². The Kier molecular flexibility index (Phi) is 6.26. The fourth-order valence-corrected chi connectivity index (χ4v) is 4.98. The second-order valence-corrected chi connectivity index (χ2v) is 8.44. The largest absolute Gasteiger partial charge is 0.483 e. The molecule has 0 saturated carbocycles. The number of amides is 2. The van der Waals surface area contributed by atoms with Crippen molar-refractivity contribution in [3.05, 3.63) is 53.0 Å². The van der Waals surface area contributed by atoms with Crippen molar-refractivity contribution < 1.29 is 23.9 Å². The molecule has 3 aromatic rings. The molecule has 162 valence electrons. The maximum Gasteiger partial charge on any atom is 0.290 e. The summed E-state index contributed by atoms with van der Waals surface area (Å²) >= 11 is 1.86. The van der Waals surface area contributed by atoms with Gasteiger partial charge in [-0.2, -0.15) is 16.9 Å². The number of carbonyl (C=O) groups is 3. The topological polar surface area (TPSA) is 129 Å². The molecule has 2 aromatic heterocycles. The van der Waals surface area contributed by atoms with E-state index in [1.807, 2.05) is 36.0 Å². The molecule has 1 unspecified atom stereocenters. The summed E-state index contributed by atoms with van der Waals surface area (Å²) in [5.74, 6) is 2.11. The van der Waals surface area contributed by atoms with Crippen molar-refractivity contribution in [1.29, 1.82) is 0 Å². The molecule has 2 aliphatic rings. The zero-order valence-corrected chi connectivity index (χ0v) is 17.5. The van der Waals surface area contributed by atoms with Crippen molar-refractivity contribution in [3.8, 4) is 0 Å². The Morgan fingerprint density at radius 3 is 2.90 bits per heavy atom. The molecule has 1 atom stereocenters. The summed E-state index contributed by atoms with van der Waals surface area (Å²) in [5.41, 5.74) is 2.90. The van der Waals surface area contributed by atoms with E-state index in [0.29, 0.717) is 36.5 Å². The first-order valence-corrected chi connectivity index (χ1v) is 11.1. The van der Waals surface area contributed by atoms with E-state index in [4.69, 9.17) is 14.3 Å². The Labute approximate surface area is 182 Å². The van der Waals surface area contributed by atoms with E-state index in [1.54, 1.807) is 11.0 Å². The lowest BCUT2D eigenvalue weighted by atomic mass is 10.0. The molecule has 10 heteroatoms. The number of benzene rings is 1. The number of aromatic nitrogens is 2. The molecule has 31 heavy (non-hydrogen) atoms.